The Labute approximate surface area is 165 Å². The van der Waals surface area contributed by atoms with E-state index in [1.807, 2.05) is 0 Å². The van der Waals surface area contributed by atoms with Gasteiger partial charge in [-0.25, -0.2) is 17.6 Å². The van der Waals surface area contributed by atoms with E-state index in [0.29, 0.717) is 12.5 Å². The van der Waals surface area contributed by atoms with Crippen LogP contribution in [0.1, 0.15) is 5.56 Å². The van der Waals surface area contributed by atoms with Crippen LogP contribution in [0.3, 0.4) is 0 Å². The number of hydrogen-bond donors (Lipinski definition) is 2. The zero-order valence-electron chi connectivity index (χ0n) is 13.9. The van der Waals surface area contributed by atoms with Crippen molar-refractivity contribution < 1.29 is 22.3 Å². The van der Waals surface area contributed by atoms with Crippen LogP contribution in [-0.4, -0.2) is 26.2 Å². The molecule has 0 atom stereocenters. The minimum absolute atomic E-state index is 0. The number of rotatable bonds is 6. The molecule has 4 nitrogen and oxygen atoms in total. The molecule has 0 saturated heterocycles. The number of benzene rings is 2. The summed E-state index contributed by atoms with van der Waals surface area (Å²) in [5, 5.41) is 5.74. The maximum absolute atomic E-state index is 13.5. The second-order valence-electron chi connectivity index (χ2n) is 5.01. The lowest BCUT2D eigenvalue weighted by atomic mass is 10.2. The Morgan fingerprint density at radius 2 is 1.69 bits per heavy atom. The fourth-order valence-corrected chi connectivity index (χ4v) is 1.98. The molecule has 0 aromatic heterocycles. The Bertz CT molecular complexity index is 759. The SMILES string of the molecule is CN=C(NCCOc1ccc(F)c(F)c1)NCc1cc(F)ccc1F.I. The summed E-state index contributed by atoms with van der Waals surface area (Å²) < 4.78 is 57.8. The van der Waals surface area contributed by atoms with Crippen LogP contribution in [0.5, 0.6) is 5.75 Å². The van der Waals surface area contributed by atoms with Gasteiger partial charge in [0.25, 0.3) is 0 Å². The molecule has 0 unspecified atom stereocenters. The minimum atomic E-state index is -0.986. The third-order valence-corrected chi connectivity index (χ3v) is 3.23. The Kier molecular flexibility index (Phi) is 9.17. The maximum Gasteiger partial charge on any atom is 0.191 e. The number of ether oxygens (including phenoxy) is 1. The van der Waals surface area contributed by atoms with E-state index >= 15 is 0 Å². The second-order valence-corrected chi connectivity index (χ2v) is 5.01. The second kappa shape index (κ2) is 10.8. The Morgan fingerprint density at radius 1 is 0.962 bits per heavy atom. The van der Waals surface area contributed by atoms with Crippen LogP contribution in [0.15, 0.2) is 41.4 Å². The fourth-order valence-electron chi connectivity index (χ4n) is 1.98. The van der Waals surface area contributed by atoms with Crippen LogP contribution in [0.2, 0.25) is 0 Å². The standard InChI is InChI=1S/C17H17F4N3O.HI/c1-22-17(24-10-11-8-12(18)2-4-14(11)19)23-6-7-25-13-3-5-15(20)16(21)9-13;/h2-5,8-9H,6-7,10H2,1H3,(H2,22,23,24);1H. The topological polar surface area (TPSA) is 45.7 Å². The van der Waals surface area contributed by atoms with E-state index in [2.05, 4.69) is 15.6 Å². The number of nitrogens with zero attached hydrogens (tertiary/aromatic N) is 1. The molecule has 26 heavy (non-hydrogen) atoms. The highest BCUT2D eigenvalue weighted by Crippen LogP contribution is 2.15. The van der Waals surface area contributed by atoms with Crippen molar-refractivity contribution in [3.05, 3.63) is 65.2 Å². The zero-order chi connectivity index (χ0) is 18.2. The van der Waals surface area contributed by atoms with E-state index in [-0.39, 0.29) is 48.4 Å². The van der Waals surface area contributed by atoms with Crippen LogP contribution >= 0.6 is 24.0 Å². The van der Waals surface area contributed by atoms with Crippen molar-refractivity contribution in [2.75, 3.05) is 20.2 Å². The van der Waals surface area contributed by atoms with Crippen LogP contribution in [0, 0.1) is 23.3 Å². The van der Waals surface area contributed by atoms with Gasteiger partial charge in [0.05, 0.1) is 6.54 Å². The molecule has 142 valence electrons. The normalized spacial score (nSPS) is 10.9. The molecule has 0 aliphatic carbocycles. The van der Waals surface area contributed by atoms with E-state index in [0.717, 1.165) is 30.3 Å². The van der Waals surface area contributed by atoms with Crippen LogP contribution in [-0.2, 0) is 6.54 Å². The summed E-state index contributed by atoms with van der Waals surface area (Å²) in [6, 6.07) is 6.45. The molecule has 2 rings (SSSR count). The highest BCUT2D eigenvalue weighted by atomic mass is 127. The smallest absolute Gasteiger partial charge is 0.191 e. The summed E-state index contributed by atoms with van der Waals surface area (Å²) in [4.78, 5) is 3.94. The van der Waals surface area contributed by atoms with Gasteiger partial charge >= 0.3 is 0 Å². The molecule has 9 heteroatoms. The van der Waals surface area contributed by atoms with Gasteiger partial charge in [-0.2, -0.15) is 0 Å². The summed E-state index contributed by atoms with van der Waals surface area (Å²) in [6.07, 6.45) is 0. The molecular formula is C17H18F4IN3O. The average Bonchev–Trinajstić information content (AvgIpc) is 2.60. The summed E-state index contributed by atoms with van der Waals surface area (Å²) in [7, 11) is 1.52. The molecule has 0 radical (unpaired) electrons. The highest BCUT2D eigenvalue weighted by Gasteiger charge is 2.06. The predicted molar refractivity (Wildman–Crippen MR) is 102 cm³/mol. The lowest BCUT2D eigenvalue weighted by Crippen LogP contribution is -2.39. The number of guanidine groups is 1. The average molecular weight is 483 g/mol. The number of hydrogen-bond acceptors (Lipinski definition) is 2. The predicted octanol–water partition coefficient (Wildman–Crippen LogP) is 3.61. The Balaban J connectivity index is 0.00000338. The van der Waals surface area contributed by atoms with Gasteiger partial charge in [0.2, 0.25) is 0 Å². The quantitative estimate of drug-likeness (QED) is 0.217. The lowest BCUT2D eigenvalue weighted by Gasteiger charge is -2.13. The van der Waals surface area contributed by atoms with Gasteiger partial charge in [0, 0.05) is 25.2 Å². The van der Waals surface area contributed by atoms with Crippen molar-refractivity contribution in [1.29, 1.82) is 0 Å². The van der Waals surface area contributed by atoms with Crippen molar-refractivity contribution in [1.82, 2.24) is 10.6 Å². The van der Waals surface area contributed by atoms with Gasteiger partial charge in [0.1, 0.15) is 24.0 Å². The molecule has 0 aliphatic heterocycles. The van der Waals surface area contributed by atoms with Gasteiger partial charge in [-0.15, -0.1) is 24.0 Å². The van der Waals surface area contributed by atoms with Gasteiger partial charge in [-0.1, -0.05) is 0 Å². The molecule has 0 aliphatic rings. The molecule has 0 saturated carbocycles. The highest BCUT2D eigenvalue weighted by molar-refractivity contribution is 14.0. The first kappa shape index (κ1) is 22.0. The molecule has 0 fully saturated rings. The van der Waals surface area contributed by atoms with Gasteiger partial charge in [0.15, 0.2) is 17.6 Å². The largest absolute Gasteiger partial charge is 0.492 e. The monoisotopic (exact) mass is 483 g/mol. The van der Waals surface area contributed by atoms with Crippen LogP contribution < -0.4 is 15.4 Å². The molecular weight excluding hydrogens is 465 g/mol. The molecule has 2 aromatic carbocycles. The molecule has 0 spiro atoms. The summed E-state index contributed by atoms with van der Waals surface area (Å²) in [6.45, 7) is 0.525. The number of halogens is 5. The summed E-state index contributed by atoms with van der Waals surface area (Å²) in [5.41, 5.74) is 0.168. The first-order chi connectivity index (χ1) is 12.0. The van der Waals surface area contributed by atoms with Gasteiger partial charge in [-0.3, -0.25) is 4.99 Å². The lowest BCUT2D eigenvalue weighted by molar-refractivity contribution is 0.318. The van der Waals surface area contributed by atoms with Gasteiger partial charge in [-0.05, 0) is 30.3 Å². The maximum atomic E-state index is 13.5. The molecule has 0 bridgehead atoms. The van der Waals surface area contributed by atoms with E-state index in [1.165, 1.54) is 13.1 Å². The Morgan fingerprint density at radius 3 is 2.38 bits per heavy atom. The van der Waals surface area contributed by atoms with Gasteiger partial charge < -0.3 is 15.4 Å². The van der Waals surface area contributed by atoms with Crippen LogP contribution in [0.25, 0.3) is 0 Å². The molecule has 0 amide bonds. The molecule has 2 aromatic rings. The Hall–Kier alpha value is -2.04. The molecule has 0 heterocycles. The van der Waals surface area contributed by atoms with Crippen LogP contribution in [0.4, 0.5) is 17.6 Å². The van der Waals surface area contributed by atoms with Crippen molar-refractivity contribution in [2.24, 2.45) is 4.99 Å². The third-order valence-electron chi connectivity index (χ3n) is 3.23. The first-order valence-electron chi connectivity index (χ1n) is 7.46. The number of aliphatic imine (C=N–C) groups is 1. The van der Waals surface area contributed by atoms with Crippen molar-refractivity contribution in [2.45, 2.75) is 6.54 Å². The summed E-state index contributed by atoms with van der Waals surface area (Å²) >= 11 is 0. The van der Waals surface area contributed by atoms with E-state index < -0.39 is 23.3 Å². The number of nitrogens with one attached hydrogen (secondary N) is 2. The van der Waals surface area contributed by atoms with Crippen molar-refractivity contribution in [3.8, 4) is 5.75 Å². The zero-order valence-corrected chi connectivity index (χ0v) is 16.2. The third kappa shape index (κ3) is 6.70. The minimum Gasteiger partial charge on any atom is -0.492 e. The first-order valence-corrected chi connectivity index (χ1v) is 7.46. The van der Waals surface area contributed by atoms with E-state index in [1.54, 1.807) is 0 Å². The van der Waals surface area contributed by atoms with Crippen molar-refractivity contribution >= 4 is 29.9 Å². The molecule has 2 N–H and O–H groups in total. The van der Waals surface area contributed by atoms with E-state index in [4.69, 9.17) is 4.74 Å². The van der Waals surface area contributed by atoms with Crippen molar-refractivity contribution in [3.63, 3.8) is 0 Å². The van der Waals surface area contributed by atoms with E-state index in [9.17, 15) is 17.6 Å². The fraction of sp³-hybridized carbons (Fsp3) is 0.235. The summed E-state index contributed by atoms with van der Waals surface area (Å²) in [5.74, 6) is -2.42.